The summed E-state index contributed by atoms with van der Waals surface area (Å²) < 4.78 is 13.0. The van der Waals surface area contributed by atoms with Crippen molar-refractivity contribution in [1.29, 1.82) is 0 Å². The molecule has 176 valence electrons. The maximum Gasteiger partial charge on any atom is 0.269 e. The van der Waals surface area contributed by atoms with Crippen LogP contribution < -0.4 is 20.3 Å². The molecule has 2 aromatic rings. The number of hydrogen-bond donors (Lipinski definition) is 2. The van der Waals surface area contributed by atoms with Gasteiger partial charge in [0.25, 0.3) is 5.91 Å². The number of rotatable bonds is 10. The molecule has 0 unspecified atom stereocenters. The summed E-state index contributed by atoms with van der Waals surface area (Å²) in [7, 11) is 1.53. The van der Waals surface area contributed by atoms with Crippen LogP contribution >= 0.6 is 0 Å². The molecule has 0 atom stereocenters. The highest BCUT2D eigenvalue weighted by Crippen LogP contribution is 2.28. The molecule has 0 aliphatic heterocycles. The zero-order valence-corrected chi connectivity index (χ0v) is 20.2. The van der Waals surface area contributed by atoms with Crippen LogP contribution in [0.1, 0.15) is 61.4 Å². The average molecular weight is 445 g/mol. The third-order valence-electron chi connectivity index (χ3n) is 5.10. The van der Waals surface area contributed by atoms with E-state index in [9.17, 15) is 9.59 Å². The van der Waals surface area contributed by atoms with E-state index in [4.69, 9.17) is 9.47 Å². The van der Waals surface area contributed by atoms with Crippen LogP contribution in [0.25, 0.3) is 0 Å². The van der Waals surface area contributed by atoms with Gasteiger partial charge in [-0.3, -0.25) is 25.1 Å². The average Bonchev–Trinajstić information content (AvgIpc) is 2.98. The minimum absolute atomic E-state index is 0.141. The van der Waals surface area contributed by atoms with Crippen LogP contribution in [0.3, 0.4) is 0 Å². The molecule has 2 rings (SSSR count). The highest BCUT2D eigenvalue weighted by molar-refractivity contribution is 5.96. The maximum atomic E-state index is 12.5. The fraction of sp³-hybridized carbons (Fsp3) is 0.542. The standard InChI is InChI=1S/C24H36N4O4/c1-15(2)10-11-32-21-9-8-19(12-22(21)31-7)24(30)26-25-23(29)13-20-17(5)27-28(18(20)6)14-16(3)4/h8-9,12,15-16H,10-11,13-14H2,1-7H3,(H,25,29)(H,26,30). The Balaban J connectivity index is 1.96. The molecule has 1 aromatic carbocycles. The normalized spacial score (nSPS) is 11.0. The highest BCUT2D eigenvalue weighted by Gasteiger charge is 2.17. The van der Waals surface area contributed by atoms with Crippen molar-refractivity contribution in [2.45, 2.75) is 60.9 Å². The van der Waals surface area contributed by atoms with E-state index in [0.29, 0.717) is 35.5 Å². The van der Waals surface area contributed by atoms with E-state index in [2.05, 4.69) is 43.6 Å². The largest absolute Gasteiger partial charge is 0.493 e. The lowest BCUT2D eigenvalue weighted by Gasteiger charge is -2.13. The van der Waals surface area contributed by atoms with Gasteiger partial charge in [-0.25, -0.2) is 0 Å². The van der Waals surface area contributed by atoms with Crippen LogP contribution in [0.15, 0.2) is 18.2 Å². The van der Waals surface area contributed by atoms with E-state index in [-0.39, 0.29) is 12.3 Å². The molecule has 1 heterocycles. The quantitative estimate of drug-likeness (QED) is 0.546. The van der Waals surface area contributed by atoms with Crippen LogP contribution in [0.5, 0.6) is 11.5 Å². The molecule has 0 saturated carbocycles. The Hall–Kier alpha value is -3.03. The lowest BCUT2D eigenvalue weighted by molar-refractivity contribution is -0.121. The summed E-state index contributed by atoms with van der Waals surface area (Å²) in [5.41, 5.74) is 7.97. The van der Waals surface area contributed by atoms with Gasteiger partial charge in [0.15, 0.2) is 11.5 Å². The Morgan fingerprint density at radius 1 is 1.06 bits per heavy atom. The van der Waals surface area contributed by atoms with Gasteiger partial charge in [-0.05, 0) is 50.3 Å². The highest BCUT2D eigenvalue weighted by atomic mass is 16.5. The lowest BCUT2D eigenvalue weighted by Crippen LogP contribution is -2.42. The minimum Gasteiger partial charge on any atom is -0.493 e. The van der Waals surface area contributed by atoms with Crippen molar-refractivity contribution in [2.75, 3.05) is 13.7 Å². The topological polar surface area (TPSA) is 94.5 Å². The van der Waals surface area contributed by atoms with Gasteiger partial charge in [-0.1, -0.05) is 27.7 Å². The van der Waals surface area contributed by atoms with Crippen molar-refractivity contribution in [3.05, 3.63) is 40.7 Å². The first-order valence-electron chi connectivity index (χ1n) is 11.0. The van der Waals surface area contributed by atoms with E-state index in [0.717, 1.165) is 29.9 Å². The molecule has 0 spiro atoms. The third kappa shape index (κ3) is 7.00. The molecule has 8 nitrogen and oxygen atoms in total. The number of nitrogens with one attached hydrogen (secondary N) is 2. The molecule has 0 fully saturated rings. The number of carbonyl (C=O) groups is 2. The number of ether oxygens (including phenoxy) is 2. The predicted octanol–water partition coefficient (Wildman–Crippen LogP) is 3.59. The molecule has 0 bridgehead atoms. The minimum atomic E-state index is -0.436. The number of benzene rings is 1. The fourth-order valence-electron chi connectivity index (χ4n) is 3.25. The number of amides is 2. The van der Waals surface area contributed by atoms with E-state index in [1.807, 2.05) is 18.5 Å². The monoisotopic (exact) mass is 444 g/mol. The molecular weight excluding hydrogens is 408 g/mol. The Morgan fingerprint density at radius 3 is 2.41 bits per heavy atom. The van der Waals surface area contributed by atoms with Crippen molar-refractivity contribution in [2.24, 2.45) is 11.8 Å². The first kappa shape index (κ1) is 25.2. The summed E-state index contributed by atoms with van der Waals surface area (Å²) in [4.78, 5) is 24.9. The van der Waals surface area contributed by atoms with Gasteiger partial charge < -0.3 is 9.47 Å². The summed E-state index contributed by atoms with van der Waals surface area (Å²) in [6, 6.07) is 4.93. The Labute approximate surface area is 190 Å². The zero-order valence-electron chi connectivity index (χ0n) is 20.2. The van der Waals surface area contributed by atoms with Gasteiger partial charge >= 0.3 is 0 Å². The van der Waals surface area contributed by atoms with Crippen molar-refractivity contribution in [1.82, 2.24) is 20.6 Å². The van der Waals surface area contributed by atoms with Crippen LogP contribution in [-0.4, -0.2) is 35.3 Å². The number of methoxy groups -OCH3 is 1. The van der Waals surface area contributed by atoms with Crippen LogP contribution in [0, 0.1) is 25.7 Å². The van der Waals surface area contributed by atoms with Gasteiger partial charge in [-0.2, -0.15) is 5.10 Å². The van der Waals surface area contributed by atoms with Crippen LogP contribution in [0.2, 0.25) is 0 Å². The van der Waals surface area contributed by atoms with Crippen molar-refractivity contribution >= 4 is 11.8 Å². The second-order valence-corrected chi connectivity index (χ2v) is 8.80. The summed E-state index contributed by atoms with van der Waals surface area (Å²) in [5.74, 6) is 1.29. The number of hydrogen-bond acceptors (Lipinski definition) is 5. The first-order chi connectivity index (χ1) is 15.1. The molecule has 2 N–H and O–H groups in total. The first-order valence-corrected chi connectivity index (χ1v) is 11.0. The molecule has 0 aliphatic carbocycles. The van der Waals surface area contributed by atoms with Crippen molar-refractivity contribution in [3.63, 3.8) is 0 Å². The molecule has 1 aromatic heterocycles. The van der Waals surface area contributed by atoms with E-state index in [1.54, 1.807) is 18.2 Å². The number of aryl methyl sites for hydroxylation is 1. The predicted molar refractivity (Wildman–Crippen MR) is 124 cm³/mol. The van der Waals surface area contributed by atoms with E-state index < -0.39 is 5.91 Å². The van der Waals surface area contributed by atoms with Gasteiger partial charge in [0.05, 0.1) is 25.8 Å². The summed E-state index contributed by atoms with van der Waals surface area (Å²) >= 11 is 0. The smallest absolute Gasteiger partial charge is 0.269 e. The van der Waals surface area contributed by atoms with E-state index in [1.165, 1.54) is 7.11 Å². The summed E-state index contributed by atoms with van der Waals surface area (Å²) in [5, 5.41) is 4.53. The summed E-state index contributed by atoms with van der Waals surface area (Å²) in [6.45, 7) is 13.7. The second-order valence-electron chi connectivity index (χ2n) is 8.80. The zero-order chi connectivity index (χ0) is 23.8. The van der Waals surface area contributed by atoms with Gasteiger partial charge in [-0.15, -0.1) is 0 Å². The van der Waals surface area contributed by atoms with Crippen LogP contribution in [-0.2, 0) is 17.8 Å². The van der Waals surface area contributed by atoms with Gasteiger partial charge in [0.2, 0.25) is 5.91 Å². The molecule has 0 saturated heterocycles. The lowest BCUT2D eigenvalue weighted by atomic mass is 10.1. The van der Waals surface area contributed by atoms with Crippen LogP contribution in [0.4, 0.5) is 0 Å². The van der Waals surface area contributed by atoms with Gasteiger partial charge in [0, 0.05) is 23.4 Å². The number of carbonyl (C=O) groups excluding carboxylic acids is 2. The Bertz CT molecular complexity index is 934. The third-order valence-corrected chi connectivity index (χ3v) is 5.10. The SMILES string of the molecule is COc1cc(C(=O)NNC(=O)Cc2c(C)nn(CC(C)C)c2C)ccc1OCCC(C)C. The number of aromatic nitrogens is 2. The molecule has 8 heteroatoms. The second kappa shape index (κ2) is 11.5. The fourth-order valence-corrected chi connectivity index (χ4v) is 3.25. The summed E-state index contributed by atoms with van der Waals surface area (Å²) in [6.07, 6.45) is 1.06. The molecule has 0 radical (unpaired) electrons. The number of hydrazine groups is 1. The van der Waals surface area contributed by atoms with Gasteiger partial charge in [0.1, 0.15) is 0 Å². The maximum absolute atomic E-state index is 12.5. The van der Waals surface area contributed by atoms with Crippen molar-refractivity contribution < 1.29 is 19.1 Å². The molecular formula is C24H36N4O4. The number of nitrogens with zero attached hydrogens (tertiary/aromatic N) is 2. The Kier molecular flexibility index (Phi) is 9.11. The van der Waals surface area contributed by atoms with Crippen molar-refractivity contribution in [3.8, 4) is 11.5 Å². The molecule has 0 aliphatic rings. The molecule has 32 heavy (non-hydrogen) atoms. The van der Waals surface area contributed by atoms with E-state index >= 15 is 0 Å². The Morgan fingerprint density at radius 2 is 1.78 bits per heavy atom. The molecule has 2 amide bonds.